The molecule has 0 fully saturated rings. The van der Waals surface area contributed by atoms with Crippen molar-refractivity contribution in [2.45, 2.75) is 13.0 Å². The summed E-state index contributed by atoms with van der Waals surface area (Å²) < 4.78 is 5.15. The van der Waals surface area contributed by atoms with Gasteiger partial charge in [0, 0.05) is 16.1 Å². The molecule has 0 aromatic heterocycles. The zero-order valence-electron chi connectivity index (χ0n) is 16.3. The molecule has 0 spiro atoms. The summed E-state index contributed by atoms with van der Waals surface area (Å²) in [5.74, 6) is -1.50. The fourth-order valence-corrected chi connectivity index (χ4v) is 3.06. The third-order valence-corrected chi connectivity index (χ3v) is 4.76. The zero-order chi connectivity index (χ0) is 21.5. The van der Waals surface area contributed by atoms with E-state index in [4.69, 9.17) is 16.3 Å². The van der Waals surface area contributed by atoms with Crippen molar-refractivity contribution in [2.24, 2.45) is 0 Å². The number of amides is 1. The van der Waals surface area contributed by atoms with Crippen molar-refractivity contribution >= 4 is 29.3 Å². The lowest BCUT2D eigenvalue weighted by Crippen LogP contribution is -2.31. The Balaban J connectivity index is 1.65. The van der Waals surface area contributed by atoms with Gasteiger partial charge in [-0.15, -0.1) is 0 Å². The fraction of sp³-hybridized carbons (Fsp3) is 0.125. The Labute approximate surface area is 179 Å². The van der Waals surface area contributed by atoms with Gasteiger partial charge in [0.1, 0.15) is 0 Å². The summed E-state index contributed by atoms with van der Waals surface area (Å²) in [5.41, 5.74) is 1.63. The summed E-state index contributed by atoms with van der Waals surface area (Å²) in [5, 5.41) is 3.29. The second kappa shape index (κ2) is 9.85. The number of hydrogen-bond acceptors (Lipinski definition) is 4. The molecule has 0 saturated carbocycles. The molecule has 0 aliphatic carbocycles. The Morgan fingerprint density at radius 2 is 1.47 bits per heavy atom. The van der Waals surface area contributed by atoms with Gasteiger partial charge in [0.2, 0.25) is 0 Å². The number of hydrogen-bond donors (Lipinski definition) is 1. The maximum Gasteiger partial charge on any atom is 0.339 e. The molecule has 1 amide bonds. The molecule has 1 N–H and O–H groups in total. The molecular formula is C24H20ClNO4. The van der Waals surface area contributed by atoms with Gasteiger partial charge in [-0.25, -0.2) is 4.79 Å². The zero-order valence-corrected chi connectivity index (χ0v) is 17.1. The van der Waals surface area contributed by atoms with Crippen LogP contribution in [0.1, 0.15) is 44.8 Å². The van der Waals surface area contributed by atoms with Crippen molar-refractivity contribution in [3.05, 3.63) is 106 Å². The van der Waals surface area contributed by atoms with E-state index < -0.39 is 18.5 Å². The summed E-state index contributed by atoms with van der Waals surface area (Å²) in [4.78, 5) is 37.5. The van der Waals surface area contributed by atoms with Gasteiger partial charge in [-0.2, -0.15) is 0 Å². The van der Waals surface area contributed by atoms with Crippen LogP contribution in [-0.4, -0.2) is 24.3 Å². The van der Waals surface area contributed by atoms with Crippen LogP contribution in [0.15, 0.2) is 78.9 Å². The van der Waals surface area contributed by atoms with Crippen LogP contribution in [0.2, 0.25) is 5.02 Å². The second-order valence-electron chi connectivity index (χ2n) is 6.66. The van der Waals surface area contributed by atoms with Gasteiger partial charge >= 0.3 is 5.97 Å². The van der Waals surface area contributed by atoms with E-state index in [1.54, 1.807) is 42.5 Å². The quantitative estimate of drug-likeness (QED) is 0.447. The highest BCUT2D eigenvalue weighted by molar-refractivity contribution is 6.30. The minimum Gasteiger partial charge on any atom is -0.452 e. The fourth-order valence-electron chi connectivity index (χ4n) is 2.93. The van der Waals surface area contributed by atoms with E-state index in [9.17, 15) is 14.4 Å². The van der Waals surface area contributed by atoms with Crippen molar-refractivity contribution in [3.8, 4) is 0 Å². The molecule has 0 saturated heterocycles. The average Bonchev–Trinajstić information content (AvgIpc) is 2.78. The van der Waals surface area contributed by atoms with E-state index in [0.29, 0.717) is 10.6 Å². The highest BCUT2D eigenvalue weighted by Gasteiger charge is 2.20. The number of ether oxygens (including phenoxy) is 1. The summed E-state index contributed by atoms with van der Waals surface area (Å²) in [6.45, 7) is 1.40. The Kier molecular flexibility index (Phi) is 6.99. The topological polar surface area (TPSA) is 72.5 Å². The minimum absolute atomic E-state index is 0.0985. The van der Waals surface area contributed by atoms with Crippen LogP contribution in [0.4, 0.5) is 0 Å². The minimum atomic E-state index is -0.740. The van der Waals surface area contributed by atoms with Crippen molar-refractivity contribution < 1.29 is 19.1 Å². The Bertz CT molecular complexity index is 1050. The number of esters is 1. The first-order chi connectivity index (χ1) is 14.5. The van der Waals surface area contributed by atoms with Crippen LogP contribution in [0.3, 0.4) is 0 Å². The molecule has 0 aliphatic heterocycles. The number of carbonyl (C=O) groups is 3. The van der Waals surface area contributed by atoms with E-state index >= 15 is 0 Å². The highest BCUT2D eigenvalue weighted by Crippen LogP contribution is 2.18. The van der Waals surface area contributed by atoms with E-state index in [0.717, 1.165) is 5.56 Å². The third-order valence-electron chi connectivity index (χ3n) is 4.51. The largest absolute Gasteiger partial charge is 0.452 e. The average molecular weight is 422 g/mol. The van der Waals surface area contributed by atoms with E-state index in [-0.39, 0.29) is 23.0 Å². The van der Waals surface area contributed by atoms with Crippen LogP contribution in [0.25, 0.3) is 0 Å². The molecule has 1 unspecified atom stereocenters. The van der Waals surface area contributed by atoms with Crippen LogP contribution in [-0.2, 0) is 9.53 Å². The van der Waals surface area contributed by atoms with Crippen LogP contribution in [0.5, 0.6) is 0 Å². The van der Waals surface area contributed by atoms with Crippen LogP contribution >= 0.6 is 11.6 Å². The number of ketones is 1. The molecule has 3 rings (SSSR count). The number of nitrogens with one attached hydrogen (secondary N) is 1. The molecule has 0 bridgehead atoms. The van der Waals surface area contributed by atoms with Crippen molar-refractivity contribution in [1.29, 1.82) is 0 Å². The molecule has 5 nitrogen and oxygen atoms in total. The lowest BCUT2D eigenvalue weighted by atomic mass is 9.98. The first-order valence-corrected chi connectivity index (χ1v) is 9.74. The third kappa shape index (κ3) is 5.33. The summed E-state index contributed by atoms with van der Waals surface area (Å²) >= 11 is 5.87. The molecule has 3 aromatic carbocycles. The maximum atomic E-state index is 12.8. The Hall–Kier alpha value is -3.44. The van der Waals surface area contributed by atoms with E-state index in [1.165, 1.54) is 6.07 Å². The standard InChI is InChI=1S/C24H20ClNO4/c1-16(17-7-3-2-4-8-17)26-22(27)15-30-24(29)21-10-6-5-9-20(21)23(28)18-11-13-19(25)14-12-18/h2-14,16H,15H2,1H3,(H,26,27). The summed E-state index contributed by atoms with van der Waals surface area (Å²) in [7, 11) is 0. The molecule has 0 aliphatic rings. The predicted octanol–water partition coefficient (Wildman–Crippen LogP) is 4.61. The molecular weight excluding hydrogens is 402 g/mol. The Morgan fingerprint density at radius 1 is 0.867 bits per heavy atom. The van der Waals surface area contributed by atoms with Crippen molar-refractivity contribution in [3.63, 3.8) is 0 Å². The van der Waals surface area contributed by atoms with E-state index in [1.807, 2.05) is 37.3 Å². The molecule has 1 atom stereocenters. The van der Waals surface area contributed by atoms with Gasteiger partial charge in [0.05, 0.1) is 11.6 Å². The predicted molar refractivity (Wildman–Crippen MR) is 115 cm³/mol. The van der Waals surface area contributed by atoms with Crippen LogP contribution in [0, 0.1) is 0 Å². The number of benzene rings is 3. The van der Waals surface area contributed by atoms with Gasteiger partial charge in [0.25, 0.3) is 5.91 Å². The molecule has 0 radical (unpaired) electrons. The van der Waals surface area contributed by atoms with Crippen molar-refractivity contribution in [1.82, 2.24) is 5.32 Å². The smallest absolute Gasteiger partial charge is 0.339 e. The number of carbonyl (C=O) groups excluding carboxylic acids is 3. The van der Waals surface area contributed by atoms with Crippen molar-refractivity contribution in [2.75, 3.05) is 6.61 Å². The van der Waals surface area contributed by atoms with E-state index in [2.05, 4.69) is 5.32 Å². The van der Waals surface area contributed by atoms with Gasteiger partial charge in [-0.3, -0.25) is 9.59 Å². The van der Waals surface area contributed by atoms with Gasteiger partial charge in [-0.1, -0.05) is 60.1 Å². The molecule has 0 heterocycles. The van der Waals surface area contributed by atoms with Gasteiger partial charge in [0.15, 0.2) is 12.4 Å². The summed E-state index contributed by atoms with van der Waals surface area (Å²) in [6, 6.07) is 21.9. The Morgan fingerprint density at radius 3 is 2.13 bits per heavy atom. The number of rotatable bonds is 7. The molecule has 3 aromatic rings. The second-order valence-corrected chi connectivity index (χ2v) is 7.09. The molecule has 30 heavy (non-hydrogen) atoms. The first-order valence-electron chi connectivity index (χ1n) is 9.36. The normalized spacial score (nSPS) is 11.4. The number of halogens is 1. The maximum absolute atomic E-state index is 12.8. The molecule has 152 valence electrons. The van der Waals surface area contributed by atoms with Gasteiger partial charge < -0.3 is 10.1 Å². The SMILES string of the molecule is CC(NC(=O)COC(=O)c1ccccc1C(=O)c1ccc(Cl)cc1)c1ccccc1. The lowest BCUT2D eigenvalue weighted by molar-refractivity contribution is -0.124. The summed E-state index contributed by atoms with van der Waals surface area (Å²) in [6.07, 6.45) is 0. The first kappa shape index (κ1) is 21.3. The lowest BCUT2D eigenvalue weighted by Gasteiger charge is -2.14. The monoisotopic (exact) mass is 421 g/mol. The highest BCUT2D eigenvalue weighted by atomic mass is 35.5. The van der Waals surface area contributed by atoms with Crippen LogP contribution < -0.4 is 5.32 Å². The molecule has 6 heteroatoms. The van der Waals surface area contributed by atoms with Gasteiger partial charge in [-0.05, 0) is 42.8 Å².